The number of nitrogens with zero attached hydrogens (tertiary/aromatic N) is 1. The Hall–Kier alpha value is -1.25. The summed E-state index contributed by atoms with van der Waals surface area (Å²) in [5.74, 6) is 0.973. The van der Waals surface area contributed by atoms with Crippen LogP contribution in [0.2, 0.25) is 0 Å². The number of aromatic amines is 1. The third kappa shape index (κ3) is 3.24. The van der Waals surface area contributed by atoms with Crippen molar-refractivity contribution in [2.75, 3.05) is 11.9 Å². The normalized spacial score (nSPS) is 10.1. The number of nitrogens with one attached hydrogen (secondary N) is 2. The molecule has 0 fully saturated rings. The third-order valence-corrected chi connectivity index (χ3v) is 2.16. The van der Waals surface area contributed by atoms with Crippen LogP contribution in [0, 0.1) is 0 Å². The molecule has 0 aliphatic heterocycles. The molecule has 0 amide bonds. The zero-order valence-corrected chi connectivity index (χ0v) is 8.84. The molecule has 1 heterocycles. The second kappa shape index (κ2) is 6.24. The Morgan fingerprint density at radius 2 is 2.43 bits per heavy atom. The molecule has 0 atom stereocenters. The summed E-state index contributed by atoms with van der Waals surface area (Å²) in [6, 6.07) is 0. The molecule has 78 valence electrons. The van der Waals surface area contributed by atoms with Gasteiger partial charge in [0.1, 0.15) is 0 Å². The summed E-state index contributed by atoms with van der Waals surface area (Å²) in [4.78, 5) is 0. The van der Waals surface area contributed by atoms with Crippen LogP contribution in [0.5, 0.6) is 0 Å². The van der Waals surface area contributed by atoms with Crippen LogP contribution in [0.3, 0.4) is 0 Å². The molecule has 2 N–H and O–H groups in total. The van der Waals surface area contributed by atoms with Crippen molar-refractivity contribution in [2.45, 2.75) is 32.6 Å². The molecule has 0 aliphatic carbocycles. The van der Waals surface area contributed by atoms with Gasteiger partial charge in [-0.05, 0) is 12.8 Å². The Morgan fingerprint density at radius 1 is 1.57 bits per heavy atom. The number of H-pyrrole nitrogens is 1. The van der Waals surface area contributed by atoms with E-state index in [0.29, 0.717) is 0 Å². The first-order valence-corrected chi connectivity index (χ1v) is 5.26. The average molecular weight is 193 g/mol. The van der Waals surface area contributed by atoms with Crippen LogP contribution in [0.25, 0.3) is 0 Å². The van der Waals surface area contributed by atoms with Gasteiger partial charge in [-0.2, -0.15) is 5.10 Å². The minimum absolute atomic E-state index is 0.868. The van der Waals surface area contributed by atoms with Crippen LogP contribution in [0.4, 0.5) is 5.82 Å². The Balaban J connectivity index is 2.33. The molecule has 0 bridgehead atoms. The number of unbranched alkanes of at least 4 members (excludes halogenated alkanes) is 2. The lowest BCUT2D eigenvalue weighted by Gasteiger charge is -2.03. The summed E-state index contributed by atoms with van der Waals surface area (Å²) >= 11 is 0. The summed E-state index contributed by atoms with van der Waals surface area (Å²) < 4.78 is 0. The van der Waals surface area contributed by atoms with E-state index >= 15 is 0 Å². The van der Waals surface area contributed by atoms with Gasteiger partial charge in [0.05, 0.1) is 0 Å². The molecule has 0 aromatic carbocycles. The van der Waals surface area contributed by atoms with E-state index in [-0.39, 0.29) is 0 Å². The fraction of sp³-hybridized carbons (Fsp3) is 0.545. The number of allylic oxidation sites excluding steroid dienone is 1. The van der Waals surface area contributed by atoms with Crippen LogP contribution in [-0.4, -0.2) is 16.7 Å². The lowest BCUT2D eigenvalue weighted by molar-refractivity contribution is 0.741. The van der Waals surface area contributed by atoms with E-state index in [9.17, 15) is 0 Å². The van der Waals surface area contributed by atoms with Gasteiger partial charge in [-0.15, -0.1) is 6.58 Å². The van der Waals surface area contributed by atoms with Gasteiger partial charge < -0.3 is 5.32 Å². The highest BCUT2D eigenvalue weighted by Crippen LogP contribution is 2.11. The lowest BCUT2D eigenvalue weighted by Crippen LogP contribution is -2.03. The van der Waals surface area contributed by atoms with Crippen LogP contribution >= 0.6 is 0 Å². The first-order valence-electron chi connectivity index (χ1n) is 5.26. The smallest absolute Gasteiger partial charge is 0.151 e. The lowest BCUT2D eigenvalue weighted by atomic mass is 10.2. The van der Waals surface area contributed by atoms with Crippen molar-refractivity contribution in [2.24, 2.45) is 0 Å². The van der Waals surface area contributed by atoms with Gasteiger partial charge in [0.2, 0.25) is 0 Å². The van der Waals surface area contributed by atoms with E-state index in [1.807, 2.05) is 12.3 Å². The maximum Gasteiger partial charge on any atom is 0.151 e. The summed E-state index contributed by atoms with van der Waals surface area (Å²) in [6.45, 7) is 6.93. The number of hydrogen-bond donors (Lipinski definition) is 2. The van der Waals surface area contributed by atoms with Crippen LogP contribution in [0.1, 0.15) is 31.7 Å². The van der Waals surface area contributed by atoms with Crippen LogP contribution in [0.15, 0.2) is 18.9 Å². The first-order chi connectivity index (χ1) is 6.88. The Morgan fingerprint density at radius 3 is 3.14 bits per heavy atom. The highest BCUT2D eigenvalue weighted by atomic mass is 15.2. The minimum Gasteiger partial charge on any atom is -0.368 e. The summed E-state index contributed by atoms with van der Waals surface area (Å²) in [5, 5.41) is 10.3. The molecule has 0 saturated heterocycles. The van der Waals surface area contributed by atoms with E-state index in [2.05, 4.69) is 29.0 Å². The maximum absolute atomic E-state index is 4.15. The van der Waals surface area contributed by atoms with Gasteiger partial charge in [0, 0.05) is 18.3 Å². The number of rotatable bonds is 7. The standard InChI is InChI=1S/C11H19N3/c1-3-5-6-8-12-11-10(7-4-2)9-13-14-11/h4,9H,2-3,5-8H2,1H3,(H2,12,13,14). The summed E-state index contributed by atoms with van der Waals surface area (Å²) in [5.41, 5.74) is 1.19. The fourth-order valence-corrected chi connectivity index (χ4v) is 1.36. The molecule has 1 rings (SSSR count). The summed E-state index contributed by atoms with van der Waals surface area (Å²) in [6.07, 6.45) is 8.41. The van der Waals surface area contributed by atoms with Gasteiger partial charge in [0.25, 0.3) is 0 Å². The zero-order valence-electron chi connectivity index (χ0n) is 8.84. The molecule has 14 heavy (non-hydrogen) atoms. The Kier molecular flexibility index (Phi) is 4.83. The van der Waals surface area contributed by atoms with Gasteiger partial charge >= 0.3 is 0 Å². The van der Waals surface area contributed by atoms with E-state index in [1.54, 1.807) is 0 Å². The molecule has 3 heteroatoms. The molecule has 1 aromatic heterocycles. The van der Waals surface area contributed by atoms with Crippen molar-refractivity contribution in [1.82, 2.24) is 10.2 Å². The average Bonchev–Trinajstić information content (AvgIpc) is 2.61. The third-order valence-electron chi connectivity index (χ3n) is 2.16. The SMILES string of the molecule is C=CCc1c[nH]nc1NCCCCC. The largest absolute Gasteiger partial charge is 0.368 e. The highest BCUT2D eigenvalue weighted by Gasteiger charge is 2.01. The molecule has 0 radical (unpaired) electrons. The molecule has 0 saturated carbocycles. The van der Waals surface area contributed by atoms with Crippen molar-refractivity contribution >= 4 is 5.82 Å². The molecule has 3 nitrogen and oxygen atoms in total. The monoisotopic (exact) mass is 193 g/mol. The topological polar surface area (TPSA) is 40.7 Å². The van der Waals surface area contributed by atoms with Crippen molar-refractivity contribution < 1.29 is 0 Å². The number of hydrogen-bond acceptors (Lipinski definition) is 2. The fourth-order valence-electron chi connectivity index (χ4n) is 1.36. The Bertz CT molecular complexity index is 265. The second-order valence-electron chi connectivity index (χ2n) is 3.39. The molecular weight excluding hydrogens is 174 g/mol. The van der Waals surface area contributed by atoms with Gasteiger partial charge in [-0.1, -0.05) is 25.8 Å². The quantitative estimate of drug-likeness (QED) is 0.516. The van der Waals surface area contributed by atoms with Crippen LogP contribution in [-0.2, 0) is 6.42 Å². The van der Waals surface area contributed by atoms with Crippen molar-refractivity contribution in [3.05, 3.63) is 24.4 Å². The predicted molar refractivity (Wildman–Crippen MR) is 60.5 cm³/mol. The second-order valence-corrected chi connectivity index (χ2v) is 3.39. The molecular formula is C11H19N3. The van der Waals surface area contributed by atoms with E-state index in [0.717, 1.165) is 18.8 Å². The number of anilines is 1. The van der Waals surface area contributed by atoms with Gasteiger partial charge in [-0.25, -0.2) is 0 Å². The van der Waals surface area contributed by atoms with Crippen molar-refractivity contribution in [3.8, 4) is 0 Å². The minimum atomic E-state index is 0.868. The van der Waals surface area contributed by atoms with E-state index < -0.39 is 0 Å². The Labute approximate surface area is 85.6 Å². The van der Waals surface area contributed by atoms with Gasteiger partial charge in [-0.3, -0.25) is 5.10 Å². The molecule has 1 aromatic rings. The predicted octanol–water partition coefficient (Wildman–Crippen LogP) is 2.74. The molecule has 0 unspecified atom stereocenters. The first kappa shape index (κ1) is 10.8. The molecule has 0 spiro atoms. The molecule has 0 aliphatic rings. The van der Waals surface area contributed by atoms with E-state index in [4.69, 9.17) is 0 Å². The maximum atomic E-state index is 4.15. The van der Waals surface area contributed by atoms with Crippen molar-refractivity contribution in [3.63, 3.8) is 0 Å². The highest BCUT2D eigenvalue weighted by molar-refractivity contribution is 5.43. The van der Waals surface area contributed by atoms with Crippen LogP contribution < -0.4 is 5.32 Å². The van der Waals surface area contributed by atoms with Crippen molar-refractivity contribution in [1.29, 1.82) is 0 Å². The van der Waals surface area contributed by atoms with Gasteiger partial charge in [0.15, 0.2) is 5.82 Å². The number of aromatic nitrogens is 2. The van der Waals surface area contributed by atoms with E-state index in [1.165, 1.54) is 24.8 Å². The summed E-state index contributed by atoms with van der Waals surface area (Å²) in [7, 11) is 0. The zero-order chi connectivity index (χ0) is 10.2.